The molecular formula is C16H22N4O2. The van der Waals surface area contributed by atoms with Gasteiger partial charge in [-0.15, -0.1) is 0 Å². The minimum absolute atomic E-state index is 0.0173. The summed E-state index contributed by atoms with van der Waals surface area (Å²) in [5.74, 6) is 0.879. The van der Waals surface area contributed by atoms with Gasteiger partial charge in [-0.2, -0.15) is 0 Å². The van der Waals surface area contributed by atoms with Gasteiger partial charge in [-0.1, -0.05) is 6.92 Å². The summed E-state index contributed by atoms with van der Waals surface area (Å²) in [6.45, 7) is 4.04. The summed E-state index contributed by atoms with van der Waals surface area (Å²) in [4.78, 5) is 27.1. The van der Waals surface area contributed by atoms with Crippen LogP contribution in [0.15, 0.2) is 18.2 Å². The van der Waals surface area contributed by atoms with E-state index in [9.17, 15) is 9.59 Å². The Labute approximate surface area is 129 Å². The maximum atomic E-state index is 11.6. The quantitative estimate of drug-likeness (QED) is 0.857. The number of nitrogens with zero attached hydrogens (tertiary/aromatic N) is 2. The molecule has 0 radical (unpaired) electrons. The van der Waals surface area contributed by atoms with Gasteiger partial charge < -0.3 is 15.2 Å². The summed E-state index contributed by atoms with van der Waals surface area (Å²) in [5.41, 5.74) is 2.61. The first kappa shape index (κ1) is 16.0. The summed E-state index contributed by atoms with van der Waals surface area (Å²) in [5, 5.41) is 5.64. The number of aryl methyl sites for hydroxylation is 1. The Morgan fingerprint density at radius 1 is 1.32 bits per heavy atom. The summed E-state index contributed by atoms with van der Waals surface area (Å²) in [7, 11) is 1.95. The highest BCUT2D eigenvalue weighted by atomic mass is 16.2. The van der Waals surface area contributed by atoms with E-state index in [1.807, 2.05) is 36.7 Å². The van der Waals surface area contributed by atoms with E-state index in [-0.39, 0.29) is 11.8 Å². The number of carbonyl (C=O) groups is 2. The van der Waals surface area contributed by atoms with Crippen molar-refractivity contribution in [2.24, 2.45) is 7.05 Å². The molecule has 6 heteroatoms. The maximum absolute atomic E-state index is 11.6. The van der Waals surface area contributed by atoms with Crippen LogP contribution in [0.1, 0.15) is 32.5 Å². The number of carbonyl (C=O) groups excluding carboxylic acids is 2. The molecule has 2 amide bonds. The fourth-order valence-electron chi connectivity index (χ4n) is 2.35. The third-order valence-corrected chi connectivity index (χ3v) is 3.46. The Morgan fingerprint density at radius 3 is 2.77 bits per heavy atom. The average Bonchev–Trinajstić information content (AvgIpc) is 2.75. The van der Waals surface area contributed by atoms with Gasteiger partial charge in [0, 0.05) is 39.0 Å². The lowest BCUT2D eigenvalue weighted by molar-refractivity contribution is -0.119. The molecule has 22 heavy (non-hydrogen) atoms. The monoisotopic (exact) mass is 302 g/mol. The molecule has 0 saturated carbocycles. The van der Waals surface area contributed by atoms with E-state index in [1.54, 1.807) is 0 Å². The number of fused-ring (bicyclic) bond motifs is 1. The van der Waals surface area contributed by atoms with Gasteiger partial charge in [0.1, 0.15) is 5.82 Å². The van der Waals surface area contributed by atoms with Gasteiger partial charge in [0.15, 0.2) is 0 Å². The van der Waals surface area contributed by atoms with Crippen molar-refractivity contribution >= 4 is 28.5 Å². The zero-order chi connectivity index (χ0) is 16.1. The lowest BCUT2D eigenvalue weighted by Gasteiger charge is -2.04. The molecule has 0 atom stereocenters. The van der Waals surface area contributed by atoms with Crippen LogP contribution in [-0.4, -0.2) is 27.9 Å². The van der Waals surface area contributed by atoms with Crippen molar-refractivity contribution in [3.05, 3.63) is 24.0 Å². The molecule has 0 aliphatic heterocycles. The Balaban J connectivity index is 2.15. The molecule has 118 valence electrons. The molecular weight excluding hydrogens is 280 g/mol. The Bertz CT molecular complexity index is 691. The second kappa shape index (κ2) is 7.06. The summed E-state index contributed by atoms with van der Waals surface area (Å²) < 4.78 is 2.01. The van der Waals surface area contributed by atoms with E-state index >= 15 is 0 Å². The first-order valence-corrected chi connectivity index (χ1v) is 7.51. The van der Waals surface area contributed by atoms with Gasteiger partial charge in [0.25, 0.3) is 0 Å². The van der Waals surface area contributed by atoms with Gasteiger partial charge >= 0.3 is 0 Å². The van der Waals surface area contributed by atoms with Crippen LogP contribution in [0.25, 0.3) is 11.0 Å². The lowest BCUT2D eigenvalue weighted by Crippen LogP contribution is -2.23. The van der Waals surface area contributed by atoms with Crippen LogP contribution in [0, 0.1) is 0 Å². The third-order valence-electron chi connectivity index (χ3n) is 3.46. The number of hydrogen-bond acceptors (Lipinski definition) is 3. The zero-order valence-corrected chi connectivity index (χ0v) is 13.3. The summed E-state index contributed by atoms with van der Waals surface area (Å²) in [6, 6.07) is 5.71. The number of nitrogens with one attached hydrogen (secondary N) is 2. The van der Waals surface area contributed by atoms with Crippen molar-refractivity contribution in [1.29, 1.82) is 0 Å². The second-order valence-electron chi connectivity index (χ2n) is 5.32. The highest BCUT2D eigenvalue weighted by Gasteiger charge is 2.09. The van der Waals surface area contributed by atoms with Crippen molar-refractivity contribution in [2.45, 2.75) is 33.1 Å². The highest BCUT2D eigenvalue weighted by Crippen LogP contribution is 2.20. The van der Waals surface area contributed by atoms with Gasteiger partial charge in [-0.25, -0.2) is 4.98 Å². The molecule has 1 heterocycles. The first-order valence-electron chi connectivity index (χ1n) is 7.51. The number of amides is 2. The first-order chi connectivity index (χ1) is 10.5. The number of benzene rings is 1. The predicted octanol–water partition coefficient (Wildman–Crippen LogP) is 1.99. The second-order valence-corrected chi connectivity index (χ2v) is 5.32. The standard InChI is InChI=1S/C16H22N4O2/c1-4-5-16(22)18-12-6-7-14-13(10-12)19-15(20(14)3)8-9-17-11(2)21/h6-7,10H,4-5,8-9H2,1-3H3,(H,17,21)(H,18,22). The lowest BCUT2D eigenvalue weighted by atomic mass is 10.2. The van der Waals surface area contributed by atoms with E-state index in [0.29, 0.717) is 19.4 Å². The fourth-order valence-corrected chi connectivity index (χ4v) is 2.35. The van der Waals surface area contributed by atoms with Crippen LogP contribution in [0.5, 0.6) is 0 Å². The predicted molar refractivity (Wildman–Crippen MR) is 86.6 cm³/mol. The van der Waals surface area contributed by atoms with Crippen LogP contribution >= 0.6 is 0 Å². The molecule has 2 aromatic rings. The third kappa shape index (κ3) is 3.84. The topological polar surface area (TPSA) is 76.0 Å². The minimum atomic E-state index is -0.0420. The van der Waals surface area contributed by atoms with E-state index < -0.39 is 0 Å². The van der Waals surface area contributed by atoms with Gasteiger partial charge in [0.05, 0.1) is 11.0 Å². The van der Waals surface area contributed by atoms with E-state index in [0.717, 1.165) is 29.0 Å². The molecule has 6 nitrogen and oxygen atoms in total. The Morgan fingerprint density at radius 2 is 2.09 bits per heavy atom. The SMILES string of the molecule is CCCC(=O)Nc1ccc2c(c1)nc(CCNC(C)=O)n2C. The molecule has 1 aromatic heterocycles. The van der Waals surface area contributed by atoms with Gasteiger partial charge in [0.2, 0.25) is 11.8 Å². The molecule has 0 fully saturated rings. The zero-order valence-electron chi connectivity index (χ0n) is 13.3. The Hall–Kier alpha value is -2.37. The smallest absolute Gasteiger partial charge is 0.224 e. The van der Waals surface area contributed by atoms with E-state index in [2.05, 4.69) is 15.6 Å². The van der Waals surface area contributed by atoms with Gasteiger partial charge in [-0.3, -0.25) is 9.59 Å². The summed E-state index contributed by atoms with van der Waals surface area (Å²) >= 11 is 0. The Kier molecular flexibility index (Phi) is 5.14. The van der Waals surface area contributed by atoms with Crippen molar-refractivity contribution in [2.75, 3.05) is 11.9 Å². The molecule has 1 aromatic carbocycles. The summed E-state index contributed by atoms with van der Waals surface area (Å²) in [6.07, 6.45) is 2.01. The van der Waals surface area contributed by atoms with Crippen LogP contribution < -0.4 is 10.6 Å². The fraction of sp³-hybridized carbons (Fsp3) is 0.438. The molecule has 0 bridgehead atoms. The molecule has 0 spiro atoms. The van der Waals surface area contributed by atoms with Crippen LogP contribution in [0.2, 0.25) is 0 Å². The average molecular weight is 302 g/mol. The molecule has 0 aliphatic rings. The highest BCUT2D eigenvalue weighted by molar-refractivity contribution is 5.93. The van der Waals surface area contributed by atoms with Crippen LogP contribution in [-0.2, 0) is 23.1 Å². The normalized spacial score (nSPS) is 10.7. The van der Waals surface area contributed by atoms with Crippen molar-refractivity contribution in [1.82, 2.24) is 14.9 Å². The van der Waals surface area contributed by atoms with E-state index in [1.165, 1.54) is 6.92 Å². The van der Waals surface area contributed by atoms with Crippen molar-refractivity contribution < 1.29 is 9.59 Å². The van der Waals surface area contributed by atoms with Crippen LogP contribution in [0.4, 0.5) is 5.69 Å². The number of hydrogen-bond donors (Lipinski definition) is 2. The molecule has 2 N–H and O–H groups in total. The molecule has 0 unspecified atom stereocenters. The molecule has 2 rings (SSSR count). The molecule has 0 saturated heterocycles. The maximum Gasteiger partial charge on any atom is 0.224 e. The molecule has 0 aliphatic carbocycles. The minimum Gasteiger partial charge on any atom is -0.356 e. The number of rotatable bonds is 6. The van der Waals surface area contributed by atoms with Crippen molar-refractivity contribution in [3.63, 3.8) is 0 Å². The van der Waals surface area contributed by atoms with Gasteiger partial charge in [-0.05, 0) is 24.6 Å². The van der Waals surface area contributed by atoms with E-state index in [4.69, 9.17) is 0 Å². The number of aromatic nitrogens is 2. The number of anilines is 1. The van der Waals surface area contributed by atoms with Crippen LogP contribution in [0.3, 0.4) is 0 Å². The largest absolute Gasteiger partial charge is 0.356 e. The number of imidazole rings is 1. The van der Waals surface area contributed by atoms with Crippen molar-refractivity contribution in [3.8, 4) is 0 Å².